The molecule has 0 unspecified atom stereocenters. The van der Waals surface area contributed by atoms with Gasteiger partial charge in [0.1, 0.15) is 5.75 Å². The second-order valence-electron chi connectivity index (χ2n) is 5.78. The topological polar surface area (TPSA) is 35.2 Å². The van der Waals surface area contributed by atoms with E-state index in [1.165, 1.54) is 37.7 Å². The van der Waals surface area contributed by atoms with Crippen molar-refractivity contribution >= 4 is 15.9 Å². The molecule has 1 aromatic carbocycles. The number of hydrogen-bond donors (Lipinski definition) is 1. The molecule has 2 nitrogen and oxygen atoms in total. The van der Waals surface area contributed by atoms with Crippen LogP contribution in [-0.2, 0) is 6.42 Å². The fraction of sp³-hybridized carbons (Fsp3) is 0.625. The molecule has 0 heterocycles. The van der Waals surface area contributed by atoms with Gasteiger partial charge in [0.05, 0.1) is 11.6 Å². The third kappa shape index (κ3) is 4.22. The zero-order valence-electron chi connectivity index (χ0n) is 11.8. The summed E-state index contributed by atoms with van der Waals surface area (Å²) in [7, 11) is 1.69. The van der Waals surface area contributed by atoms with Crippen molar-refractivity contribution in [2.45, 2.75) is 56.9 Å². The minimum absolute atomic E-state index is 0.0194. The average molecular weight is 326 g/mol. The average Bonchev–Trinajstić information content (AvgIpc) is 2.35. The summed E-state index contributed by atoms with van der Waals surface area (Å²) in [6.07, 6.45) is 9.87. The number of methoxy groups -OCH3 is 1. The first kappa shape index (κ1) is 14.9. The molecule has 0 saturated heterocycles. The van der Waals surface area contributed by atoms with Gasteiger partial charge in [-0.2, -0.15) is 0 Å². The van der Waals surface area contributed by atoms with Crippen LogP contribution in [0, 0.1) is 0 Å². The van der Waals surface area contributed by atoms with Crippen molar-refractivity contribution in [3.63, 3.8) is 0 Å². The van der Waals surface area contributed by atoms with E-state index < -0.39 is 0 Å². The van der Waals surface area contributed by atoms with Crippen LogP contribution < -0.4 is 10.5 Å². The van der Waals surface area contributed by atoms with Gasteiger partial charge >= 0.3 is 0 Å². The Balaban J connectivity index is 2.07. The zero-order chi connectivity index (χ0) is 13.7. The van der Waals surface area contributed by atoms with Crippen LogP contribution >= 0.6 is 15.9 Å². The van der Waals surface area contributed by atoms with Gasteiger partial charge in [0.15, 0.2) is 0 Å². The molecule has 1 fully saturated rings. The molecule has 106 valence electrons. The first-order valence-corrected chi connectivity index (χ1v) is 8.04. The quantitative estimate of drug-likeness (QED) is 0.891. The van der Waals surface area contributed by atoms with Crippen LogP contribution in [0.4, 0.5) is 0 Å². The minimum Gasteiger partial charge on any atom is -0.496 e. The molecule has 0 aliphatic heterocycles. The van der Waals surface area contributed by atoms with Crippen LogP contribution in [0.15, 0.2) is 22.7 Å². The molecule has 1 aromatic rings. The zero-order valence-corrected chi connectivity index (χ0v) is 13.3. The highest BCUT2D eigenvalue weighted by Crippen LogP contribution is 2.31. The lowest BCUT2D eigenvalue weighted by Crippen LogP contribution is -2.42. The Labute approximate surface area is 124 Å². The lowest BCUT2D eigenvalue weighted by atomic mass is 9.80. The van der Waals surface area contributed by atoms with E-state index in [-0.39, 0.29) is 5.54 Å². The number of hydrogen-bond acceptors (Lipinski definition) is 2. The summed E-state index contributed by atoms with van der Waals surface area (Å²) in [6.45, 7) is 0. The van der Waals surface area contributed by atoms with Gasteiger partial charge in [0.2, 0.25) is 0 Å². The molecule has 2 rings (SSSR count). The third-order valence-electron chi connectivity index (χ3n) is 4.12. The summed E-state index contributed by atoms with van der Waals surface area (Å²) in [5.74, 6) is 0.882. The molecule has 1 aliphatic carbocycles. The number of halogens is 1. The van der Waals surface area contributed by atoms with Crippen molar-refractivity contribution < 1.29 is 4.74 Å². The van der Waals surface area contributed by atoms with Gasteiger partial charge in [-0.15, -0.1) is 0 Å². The van der Waals surface area contributed by atoms with Gasteiger partial charge in [-0.3, -0.25) is 0 Å². The lowest BCUT2D eigenvalue weighted by molar-refractivity contribution is 0.314. The van der Waals surface area contributed by atoms with E-state index in [9.17, 15) is 0 Å². The van der Waals surface area contributed by atoms with E-state index in [2.05, 4.69) is 28.1 Å². The smallest absolute Gasteiger partial charge is 0.133 e. The van der Waals surface area contributed by atoms with E-state index in [1.807, 2.05) is 6.07 Å². The number of rotatable bonds is 3. The first-order valence-electron chi connectivity index (χ1n) is 7.24. The standard InChI is InChI=1S/C16H24BrNO/c1-19-15-8-7-13(11-14(15)17)12-16(18)9-5-3-2-4-6-10-16/h7-8,11H,2-6,9-10,12,18H2,1H3. The molecule has 0 bridgehead atoms. The fourth-order valence-corrected chi connectivity index (χ4v) is 3.60. The van der Waals surface area contributed by atoms with E-state index in [1.54, 1.807) is 7.11 Å². The lowest BCUT2D eigenvalue weighted by Gasteiger charge is -2.31. The maximum Gasteiger partial charge on any atom is 0.133 e. The second-order valence-corrected chi connectivity index (χ2v) is 6.63. The van der Waals surface area contributed by atoms with Gasteiger partial charge < -0.3 is 10.5 Å². The summed E-state index contributed by atoms with van der Waals surface area (Å²) in [5.41, 5.74) is 7.92. The van der Waals surface area contributed by atoms with E-state index in [0.717, 1.165) is 29.5 Å². The van der Waals surface area contributed by atoms with Crippen molar-refractivity contribution in [3.8, 4) is 5.75 Å². The maximum absolute atomic E-state index is 6.63. The Morgan fingerprint density at radius 2 is 1.79 bits per heavy atom. The normalized spacial score (nSPS) is 19.5. The molecule has 0 amide bonds. The molecular formula is C16H24BrNO. The van der Waals surface area contributed by atoms with Crippen LogP contribution in [0.1, 0.15) is 50.5 Å². The molecule has 2 N–H and O–H groups in total. The molecule has 3 heteroatoms. The van der Waals surface area contributed by atoms with Crippen molar-refractivity contribution in [1.29, 1.82) is 0 Å². The van der Waals surface area contributed by atoms with E-state index in [4.69, 9.17) is 10.5 Å². The largest absolute Gasteiger partial charge is 0.496 e. The Bertz CT molecular complexity index is 411. The van der Waals surface area contributed by atoms with Gasteiger partial charge in [0.25, 0.3) is 0 Å². The van der Waals surface area contributed by atoms with Crippen LogP contribution in [0.2, 0.25) is 0 Å². The highest BCUT2D eigenvalue weighted by molar-refractivity contribution is 9.10. The molecule has 1 aliphatic rings. The predicted octanol–water partition coefficient (Wildman–Crippen LogP) is 4.44. The van der Waals surface area contributed by atoms with Gasteiger partial charge in [-0.1, -0.05) is 38.2 Å². The Kier molecular flexibility index (Phi) is 5.28. The summed E-state index contributed by atoms with van der Waals surface area (Å²) in [6, 6.07) is 6.30. The molecule has 1 saturated carbocycles. The van der Waals surface area contributed by atoms with E-state index >= 15 is 0 Å². The first-order chi connectivity index (χ1) is 9.13. The fourth-order valence-electron chi connectivity index (χ4n) is 3.01. The van der Waals surface area contributed by atoms with Crippen molar-refractivity contribution in [1.82, 2.24) is 0 Å². The molecular weight excluding hydrogens is 302 g/mol. The van der Waals surface area contributed by atoms with Gasteiger partial charge in [-0.25, -0.2) is 0 Å². The Morgan fingerprint density at radius 3 is 2.37 bits per heavy atom. The van der Waals surface area contributed by atoms with Gasteiger partial charge in [0, 0.05) is 5.54 Å². The van der Waals surface area contributed by atoms with Crippen molar-refractivity contribution in [2.24, 2.45) is 5.73 Å². The molecule has 0 aromatic heterocycles. The van der Waals surface area contributed by atoms with E-state index in [0.29, 0.717) is 0 Å². The SMILES string of the molecule is COc1ccc(CC2(N)CCCCCCC2)cc1Br. The minimum atomic E-state index is -0.0194. The van der Waals surface area contributed by atoms with Crippen LogP contribution in [0.5, 0.6) is 5.75 Å². The highest BCUT2D eigenvalue weighted by atomic mass is 79.9. The molecule has 0 radical (unpaired) electrons. The Hall–Kier alpha value is -0.540. The monoisotopic (exact) mass is 325 g/mol. The summed E-state index contributed by atoms with van der Waals surface area (Å²) in [5, 5.41) is 0. The molecule has 0 spiro atoms. The maximum atomic E-state index is 6.63. The number of nitrogens with two attached hydrogens (primary N) is 1. The second kappa shape index (κ2) is 6.76. The molecule has 0 atom stereocenters. The van der Waals surface area contributed by atoms with Gasteiger partial charge in [-0.05, 0) is 52.9 Å². The van der Waals surface area contributed by atoms with Crippen LogP contribution in [0.25, 0.3) is 0 Å². The summed E-state index contributed by atoms with van der Waals surface area (Å²) >= 11 is 3.55. The highest BCUT2D eigenvalue weighted by Gasteiger charge is 2.25. The van der Waals surface area contributed by atoms with Crippen molar-refractivity contribution in [2.75, 3.05) is 7.11 Å². The molecule has 19 heavy (non-hydrogen) atoms. The van der Waals surface area contributed by atoms with Crippen molar-refractivity contribution in [3.05, 3.63) is 28.2 Å². The number of benzene rings is 1. The predicted molar refractivity (Wildman–Crippen MR) is 83.6 cm³/mol. The van der Waals surface area contributed by atoms with Crippen LogP contribution in [-0.4, -0.2) is 12.6 Å². The third-order valence-corrected chi connectivity index (χ3v) is 4.74. The summed E-state index contributed by atoms with van der Waals surface area (Å²) in [4.78, 5) is 0. The van der Waals surface area contributed by atoms with Crippen LogP contribution in [0.3, 0.4) is 0 Å². The summed E-state index contributed by atoms with van der Waals surface area (Å²) < 4.78 is 6.29. The number of ether oxygens (including phenoxy) is 1. The Morgan fingerprint density at radius 1 is 1.16 bits per heavy atom.